The molecule has 0 heterocycles. The van der Waals surface area contributed by atoms with Gasteiger partial charge in [0.25, 0.3) is 0 Å². The van der Waals surface area contributed by atoms with Gasteiger partial charge in [0.2, 0.25) is 0 Å². The van der Waals surface area contributed by atoms with Gasteiger partial charge in [0.05, 0.1) is 5.56 Å². The molecule has 6 N–H and O–H groups in total. The summed E-state index contributed by atoms with van der Waals surface area (Å²) < 4.78 is 38.6. The zero-order valence-corrected chi connectivity index (χ0v) is 18.8. The number of aliphatic carboxylic acids is 1. The number of hydrogen-bond acceptors (Lipinski definition) is 5. The van der Waals surface area contributed by atoms with Gasteiger partial charge in [-0.2, -0.15) is 13.2 Å². The lowest BCUT2D eigenvalue weighted by atomic mass is 9.66. The third kappa shape index (κ3) is 6.38. The molecule has 0 spiro atoms. The molecule has 6 nitrogen and oxygen atoms in total. The lowest BCUT2D eigenvalue weighted by Crippen LogP contribution is -2.61. The fourth-order valence-electron chi connectivity index (χ4n) is 4.48. The number of carboxylic acids is 1. The molecule has 1 unspecified atom stereocenters. The van der Waals surface area contributed by atoms with E-state index in [9.17, 15) is 23.1 Å². The van der Waals surface area contributed by atoms with Crippen LogP contribution < -0.4 is 11.1 Å². The number of unbranched alkanes of at least 4 members (excludes halogenated alkanes) is 1. The molecule has 1 aliphatic rings. The summed E-state index contributed by atoms with van der Waals surface area (Å²) in [6.07, 6.45) is -1.74. The first-order chi connectivity index (χ1) is 16.0. The third-order valence-corrected chi connectivity index (χ3v) is 6.69. The summed E-state index contributed by atoms with van der Waals surface area (Å²) in [5.74, 6) is -1.24. The van der Waals surface area contributed by atoms with Crippen LogP contribution >= 0.6 is 0 Å². The maximum atomic E-state index is 12.9. The van der Waals surface area contributed by atoms with E-state index in [0.29, 0.717) is 37.8 Å². The van der Waals surface area contributed by atoms with Crippen LogP contribution in [0.15, 0.2) is 48.5 Å². The van der Waals surface area contributed by atoms with Gasteiger partial charge in [0.15, 0.2) is 0 Å². The zero-order chi connectivity index (χ0) is 24.9. The van der Waals surface area contributed by atoms with Crippen molar-refractivity contribution in [2.75, 3.05) is 0 Å². The monoisotopic (exact) mass is 478 g/mol. The predicted molar refractivity (Wildman–Crippen MR) is 124 cm³/mol. The van der Waals surface area contributed by atoms with Gasteiger partial charge in [-0.15, -0.1) is 0 Å². The molecule has 3 rings (SSSR count). The van der Waals surface area contributed by atoms with Gasteiger partial charge in [-0.05, 0) is 60.3 Å². The molecular formula is C24H30BF3N2O4. The smallest absolute Gasteiger partial charge is 0.451 e. The van der Waals surface area contributed by atoms with Gasteiger partial charge in [-0.1, -0.05) is 49.2 Å². The minimum atomic E-state index is -4.38. The highest BCUT2D eigenvalue weighted by atomic mass is 19.4. The highest BCUT2D eigenvalue weighted by molar-refractivity contribution is 6.40. The number of benzene rings is 2. The molecule has 0 aromatic heterocycles. The number of carboxylic acid groups (broad SMARTS) is 1. The number of nitrogens with one attached hydrogen (secondary N) is 1. The second kappa shape index (κ2) is 10.9. The Bertz CT molecular complexity index is 965. The van der Waals surface area contributed by atoms with Crippen molar-refractivity contribution in [3.8, 4) is 11.1 Å². The maximum Gasteiger partial charge on any atom is 0.451 e. The molecule has 0 amide bonds. The van der Waals surface area contributed by atoms with Crippen LogP contribution in [-0.2, 0) is 17.5 Å². The number of halogens is 3. The van der Waals surface area contributed by atoms with Crippen molar-refractivity contribution < 1.29 is 33.1 Å². The Balaban J connectivity index is 1.57. The molecule has 1 saturated carbocycles. The van der Waals surface area contributed by atoms with E-state index in [2.05, 4.69) is 5.32 Å². The molecule has 0 aliphatic heterocycles. The Morgan fingerprint density at radius 2 is 1.71 bits per heavy atom. The van der Waals surface area contributed by atoms with Crippen molar-refractivity contribution in [1.29, 1.82) is 0 Å². The third-order valence-electron chi connectivity index (χ3n) is 6.69. The SMILES string of the molecule is NC(CCCCB(O)O)(C(=O)O)[C@H]1C[C@@H](NCc2ccccc2-c2ccc(C(F)(F)F)cc2)C1. The van der Waals surface area contributed by atoms with E-state index in [1.54, 1.807) is 0 Å². The molecule has 0 radical (unpaired) electrons. The van der Waals surface area contributed by atoms with Crippen LogP contribution in [0, 0.1) is 5.92 Å². The highest BCUT2D eigenvalue weighted by Crippen LogP contribution is 2.39. The van der Waals surface area contributed by atoms with Crippen LogP contribution in [0.5, 0.6) is 0 Å². The van der Waals surface area contributed by atoms with Gasteiger partial charge >= 0.3 is 19.3 Å². The molecule has 1 fully saturated rings. The van der Waals surface area contributed by atoms with Crippen molar-refractivity contribution >= 4 is 13.1 Å². The minimum absolute atomic E-state index is 0.0900. The number of nitrogens with two attached hydrogens (primary N) is 1. The number of alkyl halides is 3. The van der Waals surface area contributed by atoms with Gasteiger partial charge in [0.1, 0.15) is 5.54 Å². The summed E-state index contributed by atoms with van der Waals surface area (Å²) in [7, 11) is -1.40. The zero-order valence-electron chi connectivity index (χ0n) is 18.8. The minimum Gasteiger partial charge on any atom is -0.480 e. The van der Waals surface area contributed by atoms with E-state index in [1.165, 1.54) is 12.1 Å². The van der Waals surface area contributed by atoms with Gasteiger partial charge < -0.3 is 26.2 Å². The number of hydrogen-bond donors (Lipinski definition) is 5. The Morgan fingerprint density at radius 3 is 2.29 bits per heavy atom. The van der Waals surface area contributed by atoms with Crippen molar-refractivity contribution in [2.24, 2.45) is 11.7 Å². The standard InChI is InChI=1S/C24H30BF3N2O4/c26-24(27,28)18-9-7-16(8-10-18)21-6-2-1-5-17(21)15-30-20-13-19(14-20)23(29,22(31)32)11-3-4-12-25(33)34/h1-2,5-10,19-20,30,33-34H,3-4,11-15,29H2,(H,31,32)/t19-,20+,23?. The van der Waals surface area contributed by atoms with Crippen LogP contribution in [0.1, 0.15) is 43.2 Å². The van der Waals surface area contributed by atoms with Crippen LogP contribution in [-0.4, -0.2) is 39.8 Å². The predicted octanol–water partition coefficient (Wildman–Crippen LogP) is 3.67. The fraction of sp³-hybridized carbons (Fsp3) is 0.458. The van der Waals surface area contributed by atoms with Gasteiger partial charge in [-0.25, -0.2) is 0 Å². The quantitative estimate of drug-likeness (QED) is 0.249. The van der Waals surface area contributed by atoms with E-state index in [0.717, 1.165) is 23.3 Å². The Morgan fingerprint density at radius 1 is 1.06 bits per heavy atom. The highest BCUT2D eigenvalue weighted by Gasteiger charge is 2.48. The van der Waals surface area contributed by atoms with Crippen molar-refractivity contribution in [1.82, 2.24) is 5.32 Å². The first kappa shape index (κ1) is 26.2. The van der Waals surface area contributed by atoms with E-state index >= 15 is 0 Å². The van der Waals surface area contributed by atoms with Gasteiger partial charge in [-0.3, -0.25) is 4.79 Å². The molecule has 184 valence electrons. The summed E-state index contributed by atoms with van der Waals surface area (Å²) >= 11 is 0. The Hall–Kier alpha value is -2.40. The van der Waals surface area contributed by atoms with Crippen LogP contribution in [0.3, 0.4) is 0 Å². The fourth-order valence-corrected chi connectivity index (χ4v) is 4.48. The summed E-state index contributed by atoms with van der Waals surface area (Å²) in [4.78, 5) is 11.8. The summed E-state index contributed by atoms with van der Waals surface area (Å²) in [5.41, 5.74) is 6.67. The molecule has 34 heavy (non-hydrogen) atoms. The molecule has 0 saturated heterocycles. The average molecular weight is 478 g/mol. The second-order valence-corrected chi connectivity index (χ2v) is 9.05. The van der Waals surface area contributed by atoms with E-state index in [4.69, 9.17) is 15.8 Å². The van der Waals surface area contributed by atoms with Gasteiger partial charge in [0, 0.05) is 12.6 Å². The molecule has 10 heteroatoms. The number of rotatable bonds is 11. The molecule has 2 aromatic rings. The summed E-state index contributed by atoms with van der Waals surface area (Å²) in [6.45, 7) is 0.494. The summed E-state index contributed by atoms with van der Waals surface area (Å²) in [6, 6.07) is 12.6. The first-order valence-corrected chi connectivity index (χ1v) is 11.4. The largest absolute Gasteiger partial charge is 0.480 e. The normalized spacial score (nSPS) is 19.8. The molecule has 1 atom stereocenters. The van der Waals surface area contributed by atoms with Crippen molar-refractivity contribution in [2.45, 2.75) is 62.7 Å². The van der Waals surface area contributed by atoms with Crippen LogP contribution in [0.25, 0.3) is 11.1 Å². The molecule has 1 aliphatic carbocycles. The van der Waals surface area contributed by atoms with Crippen LogP contribution in [0.2, 0.25) is 6.32 Å². The van der Waals surface area contributed by atoms with E-state index < -0.39 is 30.4 Å². The van der Waals surface area contributed by atoms with Crippen LogP contribution in [0.4, 0.5) is 13.2 Å². The molecule has 2 aromatic carbocycles. The lowest BCUT2D eigenvalue weighted by Gasteiger charge is -2.45. The Kier molecular flexibility index (Phi) is 8.40. The van der Waals surface area contributed by atoms with Crippen molar-refractivity contribution in [3.63, 3.8) is 0 Å². The second-order valence-electron chi connectivity index (χ2n) is 9.05. The Labute approximate surface area is 197 Å². The molecular weight excluding hydrogens is 448 g/mol. The van der Waals surface area contributed by atoms with E-state index in [1.807, 2.05) is 24.3 Å². The average Bonchev–Trinajstić information content (AvgIpc) is 2.75. The maximum absolute atomic E-state index is 12.9. The number of carbonyl (C=O) groups is 1. The van der Waals surface area contributed by atoms with E-state index in [-0.39, 0.29) is 24.7 Å². The topological polar surface area (TPSA) is 116 Å². The lowest BCUT2D eigenvalue weighted by molar-refractivity contribution is -0.148. The van der Waals surface area contributed by atoms with Crippen molar-refractivity contribution in [3.05, 3.63) is 59.7 Å². The molecule has 0 bridgehead atoms. The summed E-state index contributed by atoms with van der Waals surface area (Å²) in [5, 5.41) is 31.0. The first-order valence-electron chi connectivity index (χ1n) is 11.4.